The molecule has 0 saturated carbocycles. The number of alkyl halides is 1. The number of nitrogens with one attached hydrogen (secondary N) is 1. The average molecular weight is 376 g/mol. The molecule has 1 aromatic carbocycles. The molecule has 118 valence electrons. The fourth-order valence-electron chi connectivity index (χ4n) is 1.84. The minimum atomic E-state index is -3.34. The maximum Gasteiger partial charge on any atom is 0.221 e. The molecule has 0 aliphatic carbocycles. The Bertz CT molecular complexity index is 588. The fraction of sp³-hybridized carbons (Fsp3) is 0.533. The van der Waals surface area contributed by atoms with E-state index < -0.39 is 9.84 Å². The summed E-state index contributed by atoms with van der Waals surface area (Å²) in [6.45, 7) is 7.52. The predicted octanol–water partition coefficient (Wildman–Crippen LogP) is 3.48. The highest BCUT2D eigenvalue weighted by atomic mass is 79.9. The van der Waals surface area contributed by atoms with Gasteiger partial charge < -0.3 is 5.32 Å². The molecule has 4 nitrogen and oxygen atoms in total. The Morgan fingerprint density at radius 2 is 1.76 bits per heavy atom. The normalized spacial score (nSPS) is 13.8. The van der Waals surface area contributed by atoms with Crippen LogP contribution in [0, 0.1) is 11.3 Å². The molecule has 6 heteroatoms. The van der Waals surface area contributed by atoms with Crippen molar-refractivity contribution >= 4 is 37.4 Å². The topological polar surface area (TPSA) is 63.2 Å². The van der Waals surface area contributed by atoms with Crippen LogP contribution in [0.15, 0.2) is 29.2 Å². The van der Waals surface area contributed by atoms with E-state index in [1.54, 1.807) is 12.1 Å². The lowest BCUT2D eigenvalue weighted by atomic mass is 9.83. The summed E-state index contributed by atoms with van der Waals surface area (Å²) in [7, 11) is -3.34. The van der Waals surface area contributed by atoms with E-state index in [4.69, 9.17) is 0 Å². The second-order valence-electron chi connectivity index (χ2n) is 6.20. The van der Waals surface area contributed by atoms with Crippen LogP contribution in [0.2, 0.25) is 0 Å². The summed E-state index contributed by atoms with van der Waals surface area (Å²) in [5, 5.41) is 3.26. The molecule has 0 spiro atoms. The molecule has 1 N–H and O–H groups in total. The van der Waals surface area contributed by atoms with Gasteiger partial charge in [-0.1, -0.05) is 36.7 Å². The van der Waals surface area contributed by atoms with Crippen LogP contribution in [0.5, 0.6) is 0 Å². The third kappa shape index (κ3) is 5.43. The number of carbonyl (C=O) groups excluding carboxylic acids is 1. The number of anilines is 1. The third-order valence-corrected chi connectivity index (χ3v) is 5.98. The molecule has 0 fully saturated rings. The van der Waals surface area contributed by atoms with Gasteiger partial charge in [0.15, 0.2) is 9.84 Å². The average Bonchev–Trinajstić information content (AvgIpc) is 2.34. The van der Waals surface area contributed by atoms with Crippen molar-refractivity contribution in [3.8, 4) is 0 Å². The van der Waals surface area contributed by atoms with Crippen molar-refractivity contribution in [3.63, 3.8) is 0 Å². The summed E-state index contributed by atoms with van der Waals surface area (Å²) in [6.07, 6.45) is 0. The maximum absolute atomic E-state index is 12.5. The summed E-state index contributed by atoms with van der Waals surface area (Å²) in [5.41, 5.74) is 0.501. The van der Waals surface area contributed by atoms with Crippen LogP contribution < -0.4 is 5.32 Å². The van der Waals surface area contributed by atoms with Crippen molar-refractivity contribution in [2.75, 3.05) is 16.4 Å². The molecule has 0 aromatic heterocycles. The van der Waals surface area contributed by atoms with Crippen LogP contribution in [0.3, 0.4) is 0 Å². The predicted molar refractivity (Wildman–Crippen MR) is 89.5 cm³/mol. The van der Waals surface area contributed by atoms with Gasteiger partial charge in [-0.05, 0) is 35.6 Å². The lowest BCUT2D eigenvalue weighted by Crippen LogP contribution is -2.29. The van der Waals surface area contributed by atoms with Gasteiger partial charge >= 0.3 is 0 Å². The van der Waals surface area contributed by atoms with Crippen LogP contribution >= 0.6 is 15.9 Å². The van der Waals surface area contributed by atoms with E-state index in [9.17, 15) is 13.2 Å². The van der Waals surface area contributed by atoms with Gasteiger partial charge in [-0.3, -0.25) is 4.79 Å². The first-order valence-electron chi connectivity index (χ1n) is 6.72. The van der Waals surface area contributed by atoms with Gasteiger partial charge in [-0.15, -0.1) is 0 Å². The first-order valence-corrected chi connectivity index (χ1v) is 9.50. The van der Waals surface area contributed by atoms with Crippen LogP contribution in [-0.4, -0.2) is 25.4 Å². The van der Waals surface area contributed by atoms with Gasteiger partial charge in [-0.25, -0.2) is 8.42 Å². The van der Waals surface area contributed by atoms with Crippen molar-refractivity contribution in [1.82, 2.24) is 0 Å². The summed E-state index contributed by atoms with van der Waals surface area (Å²) < 4.78 is 24.9. The first-order chi connectivity index (χ1) is 9.56. The molecule has 21 heavy (non-hydrogen) atoms. The van der Waals surface area contributed by atoms with E-state index in [1.807, 2.05) is 20.8 Å². The number of hydrogen-bond acceptors (Lipinski definition) is 3. The van der Waals surface area contributed by atoms with Gasteiger partial charge in [0.05, 0.1) is 10.6 Å². The minimum Gasteiger partial charge on any atom is -0.326 e. The molecule has 0 aliphatic heterocycles. The smallest absolute Gasteiger partial charge is 0.221 e. The number of rotatable bonds is 5. The highest BCUT2D eigenvalue weighted by molar-refractivity contribution is 9.09. The summed E-state index contributed by atoms with van der Waals surface area (Å²) in [5.74, 6) is -0.0588. The van der Waals surface area contributed by atoms with E-state index >= 15 is 0 Å². The van der Waals surface area contributed by atoms with E-state index in [1.165, 1.54) is 19.1 Å². The maximum atomic E-state index is 12.5. The summed E-state index contributed by atoms with van der Waals surface area (Å²) in [6, 6.07) is 6.28. The molecule has 0 saturated heterocycles. The molecule has 0 bridgehead atoms. The minimum absolute atomic E-state index is 0.0255. The van der Waals surface area contributed by atoms with Crippen molar-refractivity contribution in [3.05, 3.63) is 24.3 Å². The molecule has 0 aliphatic rings. The second kappa shape index (κ2) is 6.92. The van der Waals surface area contributed by atoms with E-state index in [0.717, 1.165) is 0 Å². The van der Waals surface area contributed by atoms with Crippen LogP contribution in [0.4, 0.5) is 5.69 Å². The molecule has 1 aromatic rings. The van der Waals surface area contributed by atoms with Crippen LogP contribution in [0.25, 0.3) is 0 Å². The number of halogens is 1. The first kappa shape index (κ1) is 18.2. The quantitative estimate of drug-likeness (QED) is 0.801. The second-order valence-corrected chi connectivity index (χ2v) is 8.89. The Hall–Kier alpha value is -0.880. The van der Waals surface area contributed by atoms with Gasteiger partial charge in [0.1, 0.15) is 0 Å². The molecule has 1 rings (SSSR count). The zero-order valence-corrected chi connectivity index (χ0v) is 15.2. The molecule has 0 heterocycles. The molecule has 0 radical (unpaired) electrons. The summed E-state index contributed by atoms with van der Waals surface area (Å²) >= 11 is 3.40. The van der Waals surface area contributed by atoms with Gasteiger partial charge in [0, 0.05) is 17.9 Å². The van der Waals surface area contributed by atoms with E-state index in [2.05, 4.69) is 21.2 Å². The largest absolute Gasteiger partial charge is 0.326 e. The van der Waals surface area contributed by atoms with Crippen LogP contribution in [0.1, 0.15) is 27.7 Å². The lowest BCUT2D eigenvalue weighted by Gasteiger charge is -2.28. The number of amides is 1. The van der Waals surface area contributed by atoms with Gasteiger partial charge in [0.2, 0.25) is 5.91 Å². The van der Waals surface area contributed by atoms with Gasteiger partial charge in [0.25, 0.3) is 0 Å². The van der Waals surface area contributed by atoms with Crippen molar-refractivity contribution < 1.29 is 13.2 Å². The van der Waals surface area contributed by atoms with E-state index in [0.29, 0.717) is 11.0 Å². The Balaban J connectivity index is 2.95. The van der Waals surface area contributed by atoms with Crippen molar-refractivity contribution in [2.24, 2.45) is 11.3 Å². The highest BCUT2D eigenvalue weighted by Gasteiger charge is 2.29. The highest BCUT2D eigenvalue weighted by Crippen LogP contribution is 2.30. The molecular formula is C15H22BrNO3S. The summed E-state index contributed by atoms with van der Waals surface area (Å²) in [4.78, 5) is 11.2. The third-order valence-electron chi connectivity index (χ3n) is 3.37. The van der Waals surface area contributed by atoms with Crippen molar-refractivity contribution in [2.45, 2.75) is 32.6 Å². The Kier molecular flexibility index (Phi) is 5.99. The number of carbonyl (C=O) groups is 1. The van der Waals surface area contributed by atoms with E-state index in [-0.39, 0.29) is 27.9 Å². The number of benzene rings is 1. The fourth-order valence-corrected chi connectivity index (χ4v) is 5.23. The van der Waals surface area contributed by atoms with Gasteiger partial charge in [-0.2, -0.15) is 0 Å². The standard InChI is InChI=1S/C15H22BrNO3S/c1-11(18)17-13-5-7-14(8-6-13)21(19,20)10-12(9-16)15(2,3)4/h5-8,12H,9-10H2,1-4H3,(H,17,18). The molecule has 1 atom stereocenters. The number of hydrogen-bond donors (Lipinski definition) is 1. The van der Waals surface area contributed by atoms with Crippen LogP contribution in [-0.2, 0) is 14.6 Å². The van der Waals surface area contributed by atoms with Crippen molar-refractivity contribution in [1.29, 1.82) is 0 Å². The Morgan fingerprint density at radius 1 is 1.24 bits per heavy atom. The zero-order valence-electron chi connectivity index (χ0n) is 12.8. The molecule has 1 unspecified atom stereocenters. The SMILES string of the molecule is CC(=O)Nc1ccc(S(=O)(=O)CC(CBr)C(C)(C)C)cc1. The molecular weight excluding hydrogens is 354 g/mol. The number of sulfone groups is 1. The lowest BCUT2D eigenvalue weighted by molar-refractivity contribution is -0.114. The Morgan fingerprint density at radius 3 is 2.14 bits per heavy atom. The Labute approximate surface area is 135 Å². The zero-order chi connectivity index (χ0) is 16.3. The molecule has 1 amide bonds. The monoisotopic (exact) mass is 375 g/mol.